The summed E-state index contributed by atoms with van der Waals surface area (Å²) in [7, 11) is 3.29. The highest BCUT2D eigenvalue weighted by atomic mass is 16.5. The molecule has 1 aliphatic heterocycles. The third-order valence-electron chi connectivity index (χ3n) is 3.10. The lowest BCUT2D eigenvalue weighted by Crippen LogP contribution is -2.39. The van der Waals surface area contributed by atoms with Crippen molar-refractivity contribution in [1.29, 1.82) is 0 Å². The molecule has 3 amide bonds. The van der Waals surface area contributed by atoms with Crippen LogP contribution in [0.3, 0.4) is 0 Å². The molecule has 1 saturated heterocycles. The average molecular weight is 296 g/mol. The highest BCUT2D eigenvalue weighted by molar-refractivity contribution is 5.90. The number of nitrogens with zero attached hydrogens (tertiary/aromatic N) is 3. The van der Waals surface area contributed by atoms with Gasteiger partial charge in [0.1, 0.15) is 0 Å². The summed E-state index contributed by atoms with van der Waals surface area (Å²) in [6.07, 6.45) is 1.99. The molecule has 1 aliphatic rings. The van der Waals surface area contributed by atoms with Crippen molar-refractivity contribution in [2.75, 3.05) is 33.7 Å². The third kappa shape index (κ3) is 4.15. The van der Waals surface area contributed by atoms with Crippen LogP contribution in [0, 0.1) is 0 Å². The minimum Gasteiger partial charge on any atom is -0.347 e. The van der Waals surface area contributed by atoms with E-state index in [0.717, 1.165) is 19.4 Å². The van der Waals surface area contributed by atoms with Crippen molar-refractivity contribution < 1.29 is 14.1 Å². The standard InChI is InChI=1S/C12H20N6O3/c1-18(2)12(20)15-7-6-14-10(19)9-16-11(21-17-9)8-4-3-5-13-8/h8,13H,3-7H2,1-2H3,(H,14,19)(H,15,20). The summed E-state index contributed by atoms with van der Waals surface area (Å²) in [5.74, 6) is 0.0401. The molecule has 1 aromatic heterocycles. The lowest BCUT2D eigenvalue weighted by Gasteiger charge is -2.11. The molecule has 9 heteroatoms. The van der Waals surface area contributed by atoms with Crippen molar-refractivity contribution in [1.82, 2.24) is 31.0 Å². The molecule has 0 spiro atoms. The second-order valence-corrected chi connectivity index (χ2v) is 4.99. The van der Waals surface area contributed by atoms with Crippen LogP contribution in [-0.4, -0.2) is 60.7 Å². The molecule has 1 unspecified atom stereocenters. The van der Waals surface area contributed by atoms with Gasteiger partial charge in [0, 0.05) is 27.2 Å². The number of amides is 3. The minimum atomic E-state index is -0.415. The van der Waals surface area contributed by atoms with Gasteiger partial charge in [-0.2, -0.15) is 4.98 Å². The summed E-state index contributed by atoms with van der Waals surface area (Å²) >= 11 is 0. The zero-order valence-electron chi connectivity index (χ0n) is 12.2. The largest absolute Gasteiger partial charge is 0.347 e. The van der Waals surface area contributed by atoms with Crippen LogP contribution in [0.1, 0.15) is 35.4 Å². The molecular formula is C12H20N6O3. The second-order valence-electron chi connectivity index (χ2n) is 4.99. The van der Waals surface area contributed by atoms with E-state index in [4.69, 9.17) is 4.52 Å². The van der Waals surface area contributed by atoms with Crippen LogP contribution >= 0.6 is 0 Å². The van der Waals surface area contributed by atoms with Gasteiger partial charge >= 0.3 is 6.03 Å². The highest BCUT2D eigenvalue weighted by Crippen LogP contribution is 2.20. The first-order valence-corrected chi connectivity index (χ1v) is 6.88. The molecule has 2 heterocycles. The van der Waals surface area contributed by atoms with E-state index in [1.165, 1.54) is 4.90 Å². The monoisotopic (exact) mass is 296 g/mol. The number of carbonyl (C=O) groups is 2. The van der Waals surface area contributed by atoms with Crippen LogP contribution in [0.5, 0.6) is 0 Å². The Morgan fingerprint density at radius 1 is 1.38 bits per heavy atom. The number of rotatable bonds is 5. The lowest BCUT2D eigenvalue weighted by atomic mass is 10.2. The van der Waals surface area contributed by atoms with Gasteiger partial charge in [-0.05, 0) is 19.4 Å². The number of urea groups is 1. The summed E-state index contributed by atoms with van der Waals surface area (Å²) in [4.78, 5) is 28.6. The van der Waals surface area contributed by atoms with E-state index in [2.05, 4.69) is 26.1 Å². The fourth-order valence-electron chi connectivity index (χ4n) is 1.95. The first-order valence-electron chi connectivity index (χ1n) is 6.88. The molecule has 1 aromatic rings. The summed E-state index contributed by atoms with van der Waals surface area (Å²) in [6.45, 7) is 1.54. The average Bonchev–Trinajstić information content (AvgIpc) is 3.12. The maximum atomic E-state index is 11.8. The molecule has 3 N–H and O–H groups in total. The third-order valence-corrected chi connectivity index (χ3v) is 3.10. The van der Waals surface area contributed by atoms with E-state index in [1.54, 1.807) is 14.1 Å². The smallest absolute Gasteiger partial charge is 0.316 e. The fourth-order valence-corrected chi connectivity index (χ4v) is 1.95. The van der Waals surface area contributed by atoms with Gasteiger partial charge in [-0.1, -0.05) is 5.16 Å². The highest BCUT2D eigenvalue weighted by Gasteiger charge is 2.24. The van der Waals surface area contributed by atoms with Crippen LogP contribution in [-0.2, 0) is 0 Å². The van der Waals surface area contributed by atoms with E-state index in [1.807, 2.05) is 0 Å². The van der Waals surface area contributed by atoms with E-state index in [0.29, 0.717) is 19.0 Å². The molecule has 1 fully saturated rings. The first-order chi connectivity index (χ1) is 10.1. The van der Waals surface area contributed by atoms with Crippen LogP contribution in [0.2, 0.25) is 0 Å². The van der Waals surface area contributed by atoms with Gasteiger partial charge in [-0.3, -0.25) is 4.79 Å². The minimum absolute atomic E-state index is 0.0117. The molecule has 0 saturated carbocycles. The SMILES string of the molecule is CN(C)C(=O)NCCNC(=O)c1noc(C2CCCN2)n1. The molecule has 9 nitrogen and oxygen atoms in total. The Hall–Kier alpha value is -2.16. The molecule has 21 heavy (non-hydrogen) atoms. The Morgan fingerprint density at radius 2 is 2.14 bits per heavy atom. The molecule has 1 atom stereocenters. The van der Waals surface area contributed by atoms with Crippen LogP contribution in [0.4, 0.5) is 4.79 Å². The Balaban J connectivity index is 1.74. The number of hydrogen-bond donors (Lipinski definition) is 3. The predicted octanol–water partition coefficient (Wildman–Crippen LogP) is -0.505. The van der Waals surface area contributed by atoms with E-state index < -0.39 is 5.91 Å². The van der Waals surface area contributed by atoms with Crippen molar-refractivity contribution in [2.45, 2.75) is 18.9 Å². The molecular weight excluding hydrogens is 276 g/mol. The van der Waals surface area contributed by atoms with E-state index >= 15 is 0 Å². The topological polar surface area (TPSA) is 112 Å². The van der Waals surface area contributed by atoms with Gasteiger partial charge in [0.2, 0.25) is 5.89 Å². The first kappa shape index (κ1) is 15.2. The number of aromatic nitrogens is 2. The van der Waals surface area contributed by atoms with Gasteiger partial charge in [-0.15, -0.1) is 0 Å². The molecule has 0 radical (unpaired) electrons. The number of nitrogens with one attached hydrogen (secondary N) is 3. The summed E-state index contributed by atoms with van der Waals surface area (Å²) < 4.78 is 5.08. The molecule has 0 aliphatic carbocycles. The van der Waals surface area contributed by atoms with Crippen LogP contribution in [0.25, 0.3) is 0 Å². The Bertz CT molecular complexity index is 495. The van der Waals surface area contributed by atoms with Gasteiger partial charge in [0.15, 0.2) is 0 Å². The molecule has 0 aromatic carbocycles. The second kappa shape index (κ2) is 7.02. The molecule has 0 bridgehead atoms. The van der Waals surface area contributed by atoms with Crippen molar-refractivity contribution >= 4 is 11.9 Å². The maximum absolute atomic E-state index is 11.8. The zero-order valence-corrected chi connectivity index (χ0v) is 12.2. The van der Waals surface area contributed by atoms with E-state index in [9.17, 15) is 9.59 Å². The van der Waals surface area contributed by atoms with Gasteiger partial charge < -0.3 is 25.4 Å². The van der Waals surface area contributed by atoms with Crippen molar-refractivity contribution in [3.8, 4) is 0 Å². The molecule has 2 rings (SSSR count). The fraction of sp³-hybridized carbons (Fsp3) is 0.667. The molecule has 116 valence electrons. The van der Waals surface area contributed by atoms with Crippen molar-refractivity contribution in [3.63, 3.8) is 0 Å². The van der Waals surface area contributed by atoms with E-state index in [-0.39, 0.29) is 17.9 Å². The maximum Gasteiger partial charge on any atom is 0.316 e. The van der Waals surface area contributed by atoms with Crippen LogP contribution in [0.15, 0.2) is 4.52 Å². The Labute approximate surface area is 122 Å². The number of carbonyl (C=O) groups excluding carboxylic acids is 2. The summed E-state index contributed by atoms with van der Waals surface area (Å²) in [5, 5.41) is 12.1. The Kier molecular flexibility index (Phi) is 5.09. The van der Waals surface area contributed by atoms with Gasteiger partial charge in [0.25, 0.3) is 11.7 Å². The predicted molar refractivity (Wildman–Crippen MR) is 73.7 cm³/mol. The van der Waals surface area contributed by atoms with Crippen molar-refractivity contribution in [2.24, 2.45) is 0 Å². The summed E-state index contributed by atoms with van der Waals surface area (Å²) in [5.41, 5.74) is 0. The Morgan fingerprint density at radius 3 is 2.81 bits per heavy atom. The van der Waals surface area contributed by atoms with Gasteiger partial charge in [-0.25, -0.2) is 4.79 Å². The number of hydrogen-bond acceptors (Lipinski definition) is 6. The van der Waals surface area contributed by atoms with Crippen molar-refractivity contribution in [3.05, 3.63) is 11.7 Å². The van der Waals surface area contributed by atoms with Crippen LogP contribution < -0.4 is 16.0 Å². The lowest BCUT2D eigenvalue weighted by molar-refractivity contribution is 0.0940. The zero-order chi connectivity index (χ0) is 15.2. The summed E-state index contributed by atoms with van der Waals surface area (Å²) in [6, 6.07) is -0.170. The normalized spacial score (nSPS) is 17.5. The van der Waals surface area contributed by atoms with Gasteiger partial charge in [0.05, 0.1) is 6.04 Å². The quantitative estimate of drug-likeness (QED) is 0.631.